The molecule has 4 heteroatoms. The van der Waals surface area contributed by atoms with Gasteiger partial charge in [0, 0.05) is 6.54 Å². The van der Waals surface area contributed by atoms with Gasteiger partial charge >= 0.3 is 0 Å². The van der Waals surface area contributed by atoms with E-state index in [1.54, 1.807) is 0 Å². The zero-order valence-corrected chi connectivity index (χ0v) is 10.6. The first-order valence-corrected chi connectivity index (χ1v) is 5.80. The van der Waals surface area contributed by atoms with Gasteiger partial charge < -0.3 is 5.32 Å². The maximum absolute atomic E-state index is 4.39. The Morgan fingerprint density at radius 2 is 1.88 bits per heavy atom. The topological polar surface area (TPSA) is 42.7 Å². The number of aromatic nitrogens is 3. The third-order valence-corrected chi connectivity index (χ3v) is 2.77. The number of rotatable bonds is 4. The summed E-state index contributed by atoms with van der Waals surface area (Å²) in [5.74, 6) is 1.79. The zero-order valence-electron chi connectivity index (χ0n) is 10.6. The minimum absolute atomic E-state index is 0.782. The molecule has 90 valence electrons. The summed E-state index contributed by atoms with van der Waals surface area (Å²) < 4.78 is 1.95. The molecule has 0 aliphatic heterocycles. The highest BCUT2D eigenvalue weighted by Crippen LogP contribution is 2.11. The van der Waals surface area contributed by atoms with E-state index in [0.29, 0.717) is 0 Å². The summed E-state index contributed by atoms with van der Waals surface area (Å²) in [6.07, 6.45) is 0. The lowest BCUT2D eigenvalue weighted by Gasteiger charge is -2.09. The van der Waals surface area contributed by atoms with E-state index in [0.717, 1.165) is 24.7 Å². The second-order valence-electron chi connectivity index (χ2n) is 4.16. The predicted octanol–water partition coefficient (Wildman–Crippen LogP) is 1.66. The Bertz CT molecular complexity index is 502. The predicted molar refractivity (Wildman–Crippen MR) is 67.8 cm³/mol. The first-order chi connectivity index (χ1) is 8.20. The van der Waals surface area contributed by atoms with Crippen LogP contribution in [0.4, 0.5) is 0 Å². The van der Waals surface area contributed by atoms with Gasteiger partial charge in [-0.15, -0.1) is 0 Å². The maximum atomic E-state index is 4.39. The van der Waals surface area contributed by atoms with Crippen LogP contribution in [0.3, 0.4) is 0 Å². The van der Waals surface area contributed by atoms with E-state index in [1.165, 1.54) is 11.1 Å². The molecule has 0 saturated carbocycles. The van der Waals surface area contributed by atoms with Crippen molar-refractivity contribution in [3.63, 3.8) is 0 Å². The second kappa shape index (κ2) is 5.10. The summed E-state index contributed by atoms with van der Waals surface area (Å²) in [6.45, 7) is 5.57. The number of aryl methyl sites for hydroxylation is 2. The molecule has 2 rings (SSSR count). The normalized spacial score (nSPS) is 10.8. The fourth-order valence-electron chi connectivity index (χ4n) is 1.95. The number of nitrogens with one attached hydrogen (secondary N) is 1. The van der Waals surface area contributed by atoms with Gasteiger partial charge in [-0.1, -0.05) is 24.3 Å². The largest absolute Gasteiger partial charge is 0.316 e. The molecule has 0 saturated heterocycles. The Balaban J connectivity index is 2.26. The Morgan fingerprint density at radius 1 is 1.18 bits per heavy atom. The molecule has 0 bridgehead atoms. The molecular formula is C13H18N4. The van der Waals surface area contributed by atoms with Gasteiger partial charge in [-0.3, -0.25) is 0 Å². The third-order valence-electron chi connectivity index (χ3n) is 2.77. The summed E-state index contributed by atoms with van der Waals surface area (Å²) in [5, 5.41) is 7.58. The van der Waals surface area contributed by atoms with Gasteiger partial charge in [-0.25, -0.2) is 9.67 Å². The van der Waals surface area contributed by atoms with Crippen molar-refractivity contribution in [2.24, 2.45) is 0 Å². The van der Waals surface area contributed by atoms with E-state index in [4.69, 9.17) is 0 Å². The average molecular weight is 230 g/mol. The van der Waals surface area contributed by atoms with Crippen LogP contribution in [0.1, 0.15) is 22.8 Å². The van der Waals surface area contributed by atoms with Crippen LogP contribution in [0, 0.1) is 13.8 Å². The molecule has 1 N–H and O–H groups in total. The number of hydrogen-bond donors (Lipinski definition) is 1. The van der Waals surface area contributed by atoms with Crippen molar-refractivity contribution in [1.29, 1.82) is 0 Å². The molecule has 0 aliphatic rings. The summed E-state index contributed by atoms with van der Waals surface area (Å²) >= 11 is 0. The van der Waals surface area contributed by atoms with E-state index in [9.17, 15) is 0 Å². The molecule has 0 fully saturated rings. The Labute approximate surface area is 102 Å². The van der Waals surface area contributed by atoms with Gasteiger partial charge in [0.05, 0.1) is 6.54 Å². The Kier molecular flexibility index (Phi) is 3.54. The molecule has 0 aliphatic carbocycles. The van der Waals surface area contributed by atoms with Crippen LogP contribution in [0.25, 0.3) is 0 Å². The Morgan fingerprint density at radius 3 is 2.47 bits per heavy atom. The van der Waals surface area contributed by atoms with Gasteiger partial charge in [0.25, 0.3) is 0 Å². The second-order valence-corrected chi connectivity index (χ2v) is 4.16. The van der Waals surface area contributed by atoms with Crippen molar-refractivity contribution in [3.8, 4) is 0 Å². The van der Waals surface area contributed by atoms with Gasteiger partial charge in [-0.2, -0.15) is 5.10 Å². The molecule has 1 aromatic heterocycles. The van der Waals surface area contributed by atoms with Crippen LogP contribution >= 0.6 is 0 Å². The molecule has 1 heterocycles. The van der Waals surface area contributed by atoms with E-state index in [1.807, 2.05) is 25.6 Å². The van der Waals surface area contributed by atoms with E-state index in [-0.39, 0.29) is 0 Å². The monoisotopic (exact) mass is 230 g/mol. The highest BCUT2D eigenvalue weighted by atomic mass is 15.3. The van der Waals surface area contributed by atoms with Crippen molar-refractivity contribution < 1.29 is 0 Å². The zero-order chi connectivity index (χ0) is 12.3. The van der Waals surface area contributed by atoms with Crippen molar-refractivity contribution in [3.05, 3.63) is 47.0 Å². The molecule has 0 radical (unpaired) electrons. The van der Waals surface area contributed by atoms with E-state index >= 15 is 0 Å². The van der Waals surface area contributed by atoms with Crippen LogP contribution < -0.4 is 5.32 Å². The van der Waals surface area contributed by atoms with E-state index in [2.05, 4.69) is 39.7 Å². The van der Waals surface area contributed by atoms with E-state index < -0.39 is 0 Å². The van der Waals surface area contributed by atoms with Crippen LogP contribution in [0.15, 0.2) is 24.3 Å². The van der Waals surface area contributed by atoms with Crippen LogP contribution in [0.5, 0.6) is 0 Å². The van der Waals surface area contributed by atoms with Crippen molar-refractivity contribution >= 4 is 0 Å². The Hall–Kier alpha value is -1.68. The molecule has 0 unspecified atom stereocenters. The van der Waals surface area contributed by atoms with Crippen molar-refractivity contribution in [1.82, 2.24) is 20.1 Å². The number of benzene rings is 1. The lowest BCUT2D eigenvalue weighted by molar-refractivity contribution is 0.647. The molecule has 2 aromatic rings. The van der Waals surface area contributed by atoms with Crippen molar-refractivity contribution in [2.45, 2.75) is 26.9 Å². The molecule has 0 amide bonds. The highest BCUT2D eigenvalue weighted by Gasteiger charge is 2.06. The molecule has 1 aromatic carbocycles. The fraction of sp³-hybridized carbons (Fsp3) is 0.385. The first-order valence-electron chi connectivity index (χ1n) is 5.80. The minimum atomic E-state index is 0.782. The van der Waals surface area contributed by atoms with Crippen LogP contribution in [0.2, 0.25) is 0 Å². The third kappa shape index (κ3) is 2.71. The molecular weight excluding hydrogens is 212 g/mol. The minimum Gasteiger partial charge on any atom is -0.316 e. The molecule has 17 heavy (non-hydrogen) atoms. The summed E-state index contributed by atoms with van der Waals surface area (Å²) in [4.78, 5) is 4.32. The van der Waals surface area contributed by atoms with Gasteiger partial charge in [0.15, 0.2) is 0 Å². The van der Waals surface area contributed by atoms with Gasteiger partial charge in [0.1, 0.15) is 11.6 Å². The lowest BCUT2D eigenvalue weighted by Crippen LogP contribution is -2.11. The number of nitrogens with zero attached hydrogens (tertiary/aromatic N) is 3. The van der Waals surface area contributed by atoms with Crippen LogP contribution in [-0.2, 0) is 13.1 Å². The van der Waals surface area contributed by atoms with Gasteiger partial charge in [-0.05, 0) is 32.0 Å². The molecule has 0 spiro atoms. The van der Waals surface area contributed by atoms with Crippen LogP contribution in [-0.4, -0.2) is 21.8 Å². The molecule has 0 atom stereocenters. The number of hydrogen-bond acceptors (Lipinski definition) is 3. The average Bonchev–Trinajstić information content (AvgIpc) is 2.61. The molecule has 4 nitrogen and oxygen atoms in total. The smallest absolute Gasteiger partial charge is 0.147 e. The highest BCUT2D eigenvalue weighted by molar-refractivity contribution is 5.27. The summed E-state index contributed by atoms with van der Waals surface area (Å²) in [5.41, 5.74) is 2.59. The standard InChI is InChI=1S/C13H18N4/c1-10-15-11(2)17(16-10)9-13-7-5-4-6-12(13)8-14-3/h4-7,14H,8-9H2,1-3H3. The van der Waals surface area contributed by atoms with Gasteiger partial charge in [0.2, 0.25) is 0 Å². The quantitative estimate of drug-likeness (QED) is 0.868. The summed E-state index contributed by atoms with van der Waals surface area (Å²) in [7, 11) is 1.96. The lowest BCUT2D eigenvalue weighted by atomic mass is 10.1. The SMILES string of the molecule is CNCc1ccccc1Cn1nc(C)nc1C. The fourth-order valence-corrected chi connectivity index (χ4v) is 1.95. The maximum Gasteiger partial charge on any atom is 0.147 e. The first kappa shape index (κ1) is 11.8. The van der Waals surface area contributed by atoms with Crippen molar-refractivity contribution in [2.75, 3.05) is 7.05 Å². The summed E-state index contributed by atoms with van der Waals surface area (Å²) in [6, 6.07) is 8.41.